The molecule has 0 radical (unpaired) electrons. The van der Waals surface area contributed by atoms with Gasteiger partial charge in [-0.15, -0.1) is 11.3 Å². The number of hydrogen-bond acceptors (Lipinski definition) is 2. The topological polar surface area (TPSA) is 12.0 Å². The van der Waals surface area contributed by atoms with Crippen LogP contribution in [0.5, 0.6) is 0 Å². The molecule has 0 aliphatic heterocycles. The smallest absolute Gasteiger partial charge is 0.0701 e. The molecule has 1 heterocycles. The summed E-state index contributed by atoms with van der Waals surface area (Å²) in [6.45, 7) is 5.30. The number of rotatable bonds is 4. The average molecular weight is 310 g/mol. The third-order valence-electron chi connectivity index (χ3n) is 2.87. The maximum Gasteiger partial charge on any atom is 0.0701 e. The quantitative estimate of drug-likeness (QED) is 0.865. The first-order valence-electron chi connectivity index (χ1n) is 5.70. The van der Waals surface area contributed by atoms with E-state index in [-0.39, 0.29) is 0 Å². The second-order valence-corrected chi connectivity index (χ2v) is 6.71. The Morgan fingerprint density at radius 2 is 2.00 bits per heavy atom. The van der Waals surface area contributed by atoms with Gasteiger partial charge < -0.3 is 5.32 Å². The van der Waals surface area contributed by atoms with E-state index < -0.39 is 0 Å². The van der Waals surface area contributed by atoms with E-state index in [1.165, 1.54) is 19.8 Å². The molecule has 0 aliphatic carbocycles. The molecule has 1 aromatic heterocycles. The van der Waals surface area contributed by atoms with Gasteiger partial charge in [-0.2, -0.15) is 0 Å². The molecule has 90 valence electrons. The Hall–Kier alpha value is -0.640. The van der Waals surface area contributed by atoms with Crippen LogP contribution in [0.25, 0.3) is 0 Å². The van der Waals surface area contributed by atoms with Crippen LogP contribution in [0.15, 0.2) is 40.2 Å². The van der Waals surface area contributed by atoms with E-state index in [0.717, 1.165) is 6.54 Å². The van der Waals surface area contributed by atoms with E-state index in [0.29, 0.717) is 6.04 Å². The molecule has 0 aliphatic rings. The lowest BCUT2D eigenvalue weighted by Gasteiger charge is -2.15. The molecule has 0 bridgehead atoms. The average Bonchev–Trinajstić information content (AvgIpc) is 2.73. The third kappa shape index (κ3) is 3.41. The van der Waals surface area contributed by atoms with Crippen LogP contribution >= 0.6 is 27.3 Å². The highest BCUT2D eigenvalue weighted by Gasteiger charge is 2.07. The van der Waals surface area contributed by atoms with Crippen molar-refractivity contribution >= 4 is 27.3 Å². The number of thiophene rings is 1. The van der Waals surface area contributed by atoms with E-state index in [1.54, 1.807) is 11.3 Å². The molecule has 17 heavy (non-hydrogen) atoms. The van der Waals surface area contributed by atoms with Gasteiger partial charge in [0.1, 0.15) is 0 Å². The Kier molecular flexibility index (Phi) is 4.37. The normalized spacial score (nSPS) is 12.6. The fourth-order valence-corrected chi connectivity index (χ4v) is 3.32. The van der Waals surface area contributed by atoms with Crippen LogP contribution in [-0.4, -0.2) is 0 Å². The van der Waals surface area contributed by atoms with Crippen molar-refractivity contribution in [1.82, 2.24) is 5.32 Å². The Labute approximate surface area is 115 Å². The monoisotopic (exact) mass is 309 g/mol. The molecule has 1 N–H and O–H groups in total. The number of aryl methyl sites for hydroxylation is 1. The van der Waals surface area contributed by atoms with Crippen LogP contribution in [0.1, 0.15) is 29.0 Å². The summed E-state index contributed by atoms with van der Waals surface area (Å²) < 4.78 is 1.19. The highest BCUT2D eigenvalue weighted by molar-refractivity contribution is 9.11. The molecular formula is C14H16BrNS. The molecule has 3 heteroatoms. The van der Waals surface area contributed by atoms with Gasteiger partial charge in [-0.05, 0) is 53.0 Å². The van der Waals surface area contributed by atoms with Gasteiger partial charge in [0.2, 0.25) is 0 Å². The second-order valence-electron chi connectivity index (χ2n) is 4.16. The third-order valence-corrected chi connectivity index (χ3v) is 4.49. The minimum atomic E-state index is 0.386. The molecule has 2 rings (SSSR count). The molecule has 1 atom stereocenters. The lowest BCUT2D eigenvalue weighted by molar-refractivity contribution is 0.576. The Bertz CT molecular complexity index is 492. The molecular weight excluding hydrogens is 294 g/mol. The lowest BCUT2D eigenvalue weighted by Crippen LogP contribution is -2.18. The van der Waals surface area contributed by atoms with Crippen LogP contribution in [0.4, 0.5) is 0 Å². The fourth-order valence-electron chi connectivity index (χ4n) is 1.88. The first kappa shape index (κ1) is 12.8. The highest BCUT2D eigenvalue weighted by Crippen LogP contribution is 2.23. The summed E-state index contributed by atoms with van der Waals surface area (Å²) in [4.78, 5) is 1.36. The fraction of sp³-hybridized carbons (Fsp3) is 0.286. The summed E-state index contributed by atoms with van der Waals surface area (Å²) in [6.07, 6.45) is 0. The molecule has 0 spiro atoms. The molecule has 0 fully saturated rings. The van der Waals surface area contributed by atoms with Crippen LogP contribution < -0.4 is 5.32 Å². The van der Waals surface area contributed by atoms with Gasteiger partial charge in [0.05, 0.1) is 3.79 Å². The van der Waals surface area contributed by atoms with Gasteiger partial charge in [0.15, 0.2) is 0 Å². The van der Waals surface area contributed by atoms with E-state index in [1.807, 2.05) is 0 Å². The van der Waals surface area contributed by atoms with Crippen molar-refractivity contribution in [3.8, 4) is 0 Å². The van der Waals surface area contributed by atoms with E-state index in [4.69, 9.17) is 0 Å². The van der Waals surface area contributed by atoms with Crippen molar-refractivity contribution in [1.29, 1.82) is 0 Å². The summed E-state index contributed by atoms with van der Waals surface area (Å²) in [5, 5.41) is 3.56. The van der Waals surface area contributed by atoms with Gasteiger partial charge in [0, 0.05) is 17.5 Å². The van der Waals surface area contributed by atoms with Gasteiger partial charge in [-0.3, -0.25) is 0 Å². The molecule has 1 unspecified atom stereocenters. The van der Waals surface area contributed by atoms with Crippen LogP contribution in [0.2, 0.25) is 0 Å². The minimum Gasteiger partial charge on any atom is -0.305 e. The van der Waals surface area contributed by atoms with Gasteiger partial charge in [-0.1, -0.05) is 24.3 Å². The number of nitrogens with one attached hydrogen (secondary N) is 1. The van der Waals surface area contributed by atoms with Crippen molar-refractivity contribution in [2.45, 2.75) is 26.4 Å². The largest absolute Gasteiger partial charge is 0.305 e. The first-order valence-corrected chi connectivity index (χ1v) is 7.31. The molecule has 0 saturated carbocycles. The Morgan fingerprint density at radius 1 is 1.24 bits per heavy atom. The van der Waals surface area contributed by atoms with Gasteiger partial charge in [-0.25, -0.2) is 0 Å². The zero-order chi connectivity index (χ0) is 12.3. The summed E-state index contributed by atoms with van der Waals surface area (Å²) >= 11 is 5.27. The summed E-state index contributed by atoms with van der Waals surface area (Å²) in [5.41, 5.74) is 2.72. The molecule has 1 aromatic carbocycles. The van der Waals surface area contributed by atoms with Crippen molar-refractivity contribution in [3.05, 3.63) is 56.2 Å². The number of halogens is 1. The predicted molar refractivity (Wildman–Crippen MR) is 78.5 cm³/mol. The molecule has 1 nitrogen and oxygen atoms in total. The summed E-state index contributed by atoms with van der Waals surface area (Å²) in [5.74, 6) is 0. The maximum atomic E-state index is 3.56. The minimum absolute atomic E-state index is 0.386. The highest BCUT2D eigenvalue weighted by atomic mass is 79.9. The van der Waals surface area contributed by atoms with Crippen molar-refractivity contribution < 1.29 is 0 Å². The molecule has 0 amide bonds. The molecule has 0 saturated heterocycles. The zero-order valence-corrected chi connectivity index (χ0v) is 12.4. The second kappa shape index (κ2) is 5.80. The van der Waals surface area contributed by atoms with Crippen LogP contribution in [-0.2, 0) is 6.54 Å². The lowest BCUT2D eigenvalue weighted by atomic mass is 10.0. The number of hydrogen-bond donors (Lipinski definition) is 1. The first-order chi connectivity index (χ1) is 8.16. The van der Waals surface area contributed by atoms with E-state index in [2.05, 4.69) is 71.5 Å². The Balaban J connectivity index is 1.98. The molecule has 2 aromatic rings. The van der Waals surface area contributed by atoms with Crippen LogP contribution in [0, 0.1) is 6.92 Å². The maximum absolute atomic E-state index is 3.56. The van der Waals surface area contributed by atoms with Crippen molar-refractivity contribution in [3.63, 3.8) is 0 Å². The van der Waals surface area contributed by atoms with Gasteiger partial charge in [0.25, 0.3) is 0 Å². The van der Waals surface area contributed by atoms with Crippen molar-refractivity contribution in [2.24, 2.45) is 0 Å². The van der Waals surface area contributed by atoms with Gasteiger partial charge >= 0.3 is 0 Å². The Morgan fingerprint density at radius 3 is 2.65 bits per heavy atom. The van der Waals surface area contributed by atoms with E-state index in [9.17, 15) is 0 Å². The zero-order valence-electron chi connectivity index (χ0n) is 10.0. The van der Waals surface area contributed by atoms with E-state index >= 15 is 0 Å². The SMILES string of the molecule is Cc1ccccc1C(C)NCc1ccc(Br)s1. The van der Waals surface area contributed by atoms with Crippen molar-refractivity contribution in [2.75, 3.05) is 0 Å². The summed E-state index contributed by atoms with van der Waals surface area (Å²) in [6, 6.07) is 13.2. The number of benzene rings is 1. The standard InChI is InChI=1S/C14H16BrNS/c1-10-5-3-4-6-13(10)11(2)16-9-12-7-8-14(15)17-12/h3-8,11,16H,9H2,1-2H3. The van der Waals surface area contributed by atoms with Crippen LogP contribution in [0.3, 0.4) is 0 Å². The summed E-state index contributed by atoms with van der Waals surface area (Å²) in [7, 11) is 0. The predicted octanol–water partition coefficient (Wildman–Crippen LogP) is 4.67.